The molecule has 1 saturated carbocycles. The third kappa shape index (κ3) is 2.49. The second-order valence-electron chi connectivity index (χ2n) is 5.01. The Morgan fingerprint density at radius 3 is 2.68 bits per heavy atom. The van der Waals surface area contributed by atoms with Gasteiger partial charge in [-0.25, -0.2) is 4.79 Å². The average molecular weight is 350 g/mol. The van der Waals surface area contributed by atoms with E-state index in [9.17, 15) is 18.0 Å². The van der Waals surface area contributed by atoms with E-state index in [1.807, 2.05) is 0 Å². The highest BCUT2D eigenvalue weighted by molar-refractivity contribution is 6.30. The average Bonchev–Trinajstić information content (AvgIpc) is 3.11. The minimum Gasteiger partial charge on any atom is -0.415 e. The monoisotopic (exact) mass is 349 g/mol. The number of rotatable bonds is 0. The summed E-state index contributed by atoms with van der Waals surface area (Å²) >= 11 is 11.5. The largest absolute Gasteiger partial charge is 0.445 e. The van der Waals surface area contributed by atoms with Crippen LogP contribution in [0.5, 0.6) is 0 Å². The lowest BCUT2D eigenvalue weighted by Gasteiger charge is -2.35. The molecule has 3 rings (SSSR count). The quantitative estimate of drug-likeness (QED) is 0.560. The zero-order valence-corrected chi connectivity index (χ0v) is 12.3. The van der Waals surface area contributed by atoms with E-state index in [1.165, 1.54) is 12.1 Å². The molecule has 1 aromatic rings. The molecule has 1 fully saturated rings. The van der Waals surface area contributed by atoms with E-state index in [0.29, 0.717) is 6.42 Å². The van der Waals surface area contributed by atoms with Crippen molar-refractivity contribution >= 4 is 35.0 Å². The van der Waals surface area contributed by atoms with Crippen LogP contribution in [0.3, 0.4) is 0 Å². The summed E-state index contributed by atoms with van der Waals surface area (Å²) in [4.78, 5) is 11.5. The first-order valence-electron chi connectivity index (χ1n) is 6.26. The summed E-state index contributed by atoms with van der Waals surface area (Å²) in [6.45, 7) is 0. The number of alkyl halides is 4. The number of ether oxygens (including phenoxy) is 1. The van der Waals surface area contributed by atoms with Crippen LogP contribution in [0.25, 0.3) is 0 Å². The number of amides is 1. The van der Waals surface area contributed by atoms with Crippen LogP contribution in [0.4, 0.5) is 23.7 Å². The highest BCUT2D eigenvalue weighted by Gasteiger charge is 2.62. The van der Waals surface area contributed by atoms with Crippen molar-refractivity contribution in [2.75, 3.05) is 5.32 Å². The van der Waals surface area contributed by atoms with Gasteiger partial charge in [0.25, 0.3) is 5.60 Å². The maximum atomic E-state index is 13.7. The second-order valence-corrected chi connectivity index (χ2v) is 6.01. The van der Waals surface area contributed by atoms with Crippen molar-refractivity contribution in [3.05, 3.63) is 28.8 Å². The Bertz CT molecular complexity index is 710. The highest BCUT2D eigenvalue weighted by atomic mass is 35.5. The topological polar surface area (TPSA) is 38.3 Å². The third-order valence-corrected chi connectivity index (χ3v) is 4.11. The molecule has 2 aliphatic rings. The molecule has 1 amide bonds. The molecular formula is C14H8Cl2F3NO2. The van der Waals surface area contributed by atoms with E-state index in [1.54, 1.807) is 0 Å². The summed E-state index contributed by atoms with van der Waals surface area (Å²) in [6.07, 6.45) is -5.63. The second kappa shape index (κ2) is 4.97. The molecule has 116 valence electrons. The number of cyclic esters (lactones) is 1. The van der Waals surface area contributed by atoms with Gasteiger partial charge in [-0.3, -0.25) is 5.32 Å². The number of halogens is 5. The van der Waals surface area contributed by atoms with Crippen LogP contribution in [0.15, 0.2) is 18.2 Å². The van der Waals surface area contributed by atoms with Gasteiger partial charge in [0, 0.05) is 21.9 Å². The Morgan fingerprint density at radius 1 is 1.41 bits per heavy atom. The first-order chi connectivity index (χ1) is 10.2. The molecule has 1 aromatic carbocycles. The van der Waals surface area contributed by atoms with Gasteiger partial charge in [-0.2, -0.15) is 13.2 Å². The molecule has 2 unspecified atom stereocenters. The summed E-state index contributed by atoms with van der Waals surface area (Å²) in [5.74, 6) is 4.20. The molecule has 0 aromatic heterocycles. The highest BCUT2D eigenvalue weighted by Crippen LogP contribution is 2.48. The van der Waals surface area contributed by atoms with Crippen LogP contribution < -0.4 is 5.32 Å². The molecule has 22 heavy (non-hydrogen) atoms. The van der Waals surface area contributed by atoms with Crippen LogP contribution in [0.1, 0.15) is 12.0 Å². The summed E-state index contributed by atoms with van der Waals surface area (Å²) in [6, 6.07) is 3.74. The SMILES string of the molecule is O=C1Nc2ccc(Cl)cc2[C@@](C#CC2CC2Cl)(C(F)(F)F)O1. The summed E-state index contributed by atoms with van der Waals surface area (Å²) in [7, 11) is 0. The van der Waals surface area contributed by atoms with Crippen LogP contribution in [0.2, 0.25) is 5.02 Å². The Kier molecular flexibility index (Phi) is 3.46. The van der Waals surface area contributed by atoms with Gasteiger partial charge in [0.1, 0.15) is 0 Å². The number of benzene rings is 1. The lowest BCUT2D eigenvalue weighted by molar-refractivity contribution is -0.239. The van der Waals surface area contributed by atoms with E-state index < -0.39 is 17.9 Å². The molecule has 1 aliphatic heterocycles. The van der Waals surface area contributed by atoms with Gasteiger partial charge < -0.3 is 4.74 Å². The van der Waals surface area contributed by atoms with Crippen molar-refractivity contribution < 1.29 is 22.7 Å². The normalized spacial score (nSPS) is 29.6. The summed E-state index contributed by atoms with van der Waals surface area (Å²) < 4.78 is 45.6. The van der Waals surface area contributed by atoms with Gasteiger partial charge in [0.15, 0.2) is 0 Å². The van der Waals surface area contributed by atoms with Crippen molar-refractivity contribution in [1.29, 1.82) is 0 Å². The Labute approximate surface area is 133 Å². The predicted molar refractivity (Wildman–Crippen MR) is 74.8 cm³/mol. The van der Waals surface area contributed by atoms with Gasteiger partial charge in [0.05, 0.1) is 5.69 Å². The fourth-order valence-electron chi connectivity index (χ4n) is 2.13. The molecular weight excluding hydrogens is 342 g/mol. The number of carbonyl (C=O) groups excluding carboxylic acids is 1. The van der Waals surface area contributed by atoms with Crippen LogP contribution in [0, 0.1) is 17.8 Å². The van der Waals surface area contributed by atoms with Crippen molar-refractivity contribution in [2.24, 2.45) is 5.92 Å². The number of fused-ring (bicyclic) bond motifs is 1. The molecule has 0 saturated heterocycles. The lowest BCUT2D eigenvalue weighted by Crippen LogP contribution is -2.49. The molecule has 8 heteroatoms. The van der Waals surface area contributed by atoms with Crippen LogP contribution in [-0.2, 0) is 10.3 Å². The van der Waals surface area contributed by atoms with E-state index in [0.717, 1.165) is 6.07 Å². The third-order valence-electron chi connectivity index (χ3n) is 3.39. The minimum atomic E-state index is -4.92. The van der Waals surface area contributed by atoms with Crippen molar-refractivity contribution in [1.82, 2.24) is 0 Å². The molecule has 3 atom stereocenters. The fourth-order valence-corrected chi connectivity index (χ4v) is 2.56. The van der Waals surface area contributed by atoms with Gasteiger partial charge in [0.2, 0.25) is 0 Å². The number of nitrogens with one attached hydrogen (secondary N) is 1. The van der Waals surface area contributed by atoms with E-state index >= 15 is 0 Å². The molecule has 0 spiro atoms. The van der Waals surface area contributed by atoms with Gasteiger partial charge >= 0.3 is 12.3 Å². The fraction of sp³-hybridized carbons (Fsp3) is 0.357. The predicted octanol–water partition coefficient (Wildman–Crippen LogP) is 4.29. The molecule has 0 radical (unpaired) electrons. The lowest BCUT2D eigenvalue weighted by atomic mass is 9.90. The first-order valence-corrected chi connectivity index (χ1v) is 7.08. The Hall–Kier alpha value is -1.58. The minimum absolute atomic E-state index is 0.0366. The Morgan fingerprint density at radius 2 is 2.09 bits per heavy atom. The van der Waals surface area contributed by atoms with Crippen molar-refractivity contribution in [2.45, 2.75) is 23.6 Å². The van der Waals surface area contributed by atoms with E-state index in [4.69, 9.17) is 23.2 Å². The van der Waals surface area contributed by atoms with Crippen molar-refractivity contribution in [3.63, 3.8) is 0 Å². The smallest absolute Gasteiger partial charge is 0.415 e. The van der Waals surface area contributed by atoms with Gasteiger partial charge in [-0.1, -0.05) is 17.5 Å². The molecule has 1 aliphatic carbocycles. The standard InChI is InChI=1S/C14H8Cl2F3NO2/c15-8-1-2-11-9(6-8)13(14(17,18)19,22-12(21)20-11)4-3-7-5-10(7)16/h1-2,6-7,10H,5H2,(H,20,21)/t7?,10?,13-/m0/s1. The van der Waals surface area contributed by atoms with Gasteiger partial charge in [-0.05, 0) is 30.5 Å². The molecule has 3 nitrogen and oxygen atoms in total. The molecule has 1 heterocycles. The molecule has 1 N–H and O–H groups in total. The zero-order valence-electron chi connectivity index (χ0n) is 10.8. The van der Waals surface area contributed by atoms with E-state index in [2.05, 4.69) is 21.9 Å². The Balaban J connectivity index is 2.18. The van der Waals surface area contributed by atoms with E-state index in [-0.39, 0.29) is 27.6 Å². The van der Waals surface area contributed by atoms with Crippen molar-refractivity contribution in [3.8, 4) is 11.8 Å². The zero-order chi connectivity index (χ0) is 16.1. The summed E-state index contributed by atoms with van der Waals surface area (Å²) in [5, 5.41) is 2.02. The molecule has 0 bridgehead atoms. The number of anilines is 1. The first kappa shape index (κ1) is 15.3. The maximum Gasteiger partial charge on any atom is 0.445 e. The number of carbonyl (C=O) groups is 1. The summed E-state index contributed by atoms with van der Waals surface area (Å²) in [5.41, 5.74) is -3.42. The number of hydrogen-bond donors (Lipinski definition) is 1. The van der Waals surface area contributed by atoms with Crippen LogP contribution >= 0.6 is 23.2 Å². The van der Waals surface area contributed by atoms with Gasteiger partial charge in [-0.15, -0.1) is 11.6 Å². The maximum absolute atomic E-state index is 13.7. The number of hydrogen-bond acceptors (Lipinski definition) is 2. The van der Waals surface area contributed by atoms with Crippen LogP contribution in [-0.4, -0.2) is 17.6 Å².